The van der Waals surface area contributed by atoms with Gasteiger partial charge in [-0.3, -0.25) is 4.90 Å². The summed E-state index contributed by atoms with van der Waals surface area (Å²) in [5.74, 6) is 0. The molecule has 18 heteroatoms. The van der Waals surface area contributed by atoms with Crippen molar-refractivity contribution in [3.8, 4) is 0 Å². The summed E-state index contributed by atoms with van der Waals surface area (Å²) in [5.41, 5.74) is 14.6. The number of carbonyl (C=O) groups is 3. The van der Waals surface area contributed by atoms with Crippen LogP contribution in [0.15, 0.2) is 187 Å². The summed E-state index contributed by atoms with van der Waals surface area (Å²) < 4.78 is 44.0. The van der Waals surface area contributed by atoms with Crippen molar-refractivity contribution in [1.29, 1.82) is 0 Å². The molecule has 0 bridgehead atoms. The lowest BCUT2D eigenvalue weighted by molar-refractivity contribution is -0.291. The number of nitrogens with zero attached hydrogens (tertiary/aromatic N) is 4. The summed E-state index contributed by atoms with van der Waals surface area (Å²) in [6.45, 7) is 1.65. The molecule has 396 valence electrons. The second-order valence-corrected chi connectivity index (χ2v) is 18.5. The number of aliphatic hydroxyl groups excluding tert-OH is 2. The predicted octanol–water partition coefficient (Wildman–Crippen LogP) is 8.89. The molecule has 1 saturated heterocycles. The van der Waals surface area contributed by atoms with Crippen molar-refractivity contribution in [1.82, 2.24) is 15.5 Å². The van der Waals surface area contributed by atoms with Crippen LogP contribution in [-0.4, -0.2) is 100 Å². The van der Waals surface area contributed by atoms with E-state index in [4.69, 9.17) is 33.2 Å². The fraction of sp³-hybridized carbons (Fsp3) is 0.328. The van der Waals surface area contributed by atoms with Gasteiger partial charge in [0.1, 0.15) is 50.3 Å². The first-order chi connectivity index (χ1) is 37.1. The molecule has 1 saturated carbocycles. The number of hydrogen-bond acceptors (Lipinski definition) is 13. The first kappa shape index (κ1) is 54.5. The number of ether oxygens (including phenoxy) is 7. The highest BCUT2D eigenvalue weighted by molar-refractivity contribution is 5.69. The van der Waals surface area contributed by atoms with Crippen LogP contribution in [0.4, 0.5) is 14.4 Å². The van der Waals surface area contributed by atoms with Gasteiger partial charge in [0.05, 0.1) is 43.5 Å². The fourth-order valence-corrected chi connectivity index (χ4v) is 9.26. The summed E-state index contributed by atoms with van der Waals surface area (Å²) in [4.78, 5) is 46.7. The van der Waals surface area contributed by atoms with E-state index in [1.54, 1.807) is 55.5 Å². The Hall–Kier alpha value is -7.80. The Morgan fingerprint density at radius 1 is 0.592 bits per heavy atom. The maximum atomic E-state index is 14.4. The Bertz CT molecular complexity index is 2770. The molecule has 4 N–H and O–H groups in total. The van der Waals surface area contributed by atoms with Gasteiger partial charge in [-0.25, -0.2) is 14.4 Å². The number of nitrogens with one attached hydrogen (secondary N) is 2. The minimum absolute atomic E-state index is 0.0112. The number of amides is 3. The average Bonchev–Trinajstić information content (AvgIpc) is 3.46. The number of aliphatic hydroxyl groups is 2. The van der Waals surface area contributed by atoms with Gasteiger partial charge in [-0.15, -0.1) is 0 Å². The summed E-state index contributed by atoms with van der Waals surface area (Å²) in [5, 5.41) is 34.1. The lowest BCUT2D eigenvalue weighted by atomic mass is 9.81. The minimum Gasteiger partial charge on any atom is -0.445 e. The molecule has 1 heterocycles. The Kier molecular flexibility index (Phi) is 19.8. The van der Waals surface area contributed by atoms with Crippen LogP contribution < -0.4 is 10.6 Å². The molecule has 3 amide bonds. The van der Waals surface area contributed by atoms with Crippen LogP contribution in [0.1, 0.15) is 46.7 Å². The predicted molar refractivity (Wildman–Crippen MR) is 278 cm³/mol. The third-order valence-corrected chi connectivity index (χ3v) is 13.2. The van der Waals surface area contributed by atoms with Gasteiger partial charge in [0.15, 0.2) is 6.29 Å². The molecule has 0 unspecified atom stereocenters. The molecule has 0 aromatic heterocycles. The van der Waals surface area contributed by atoms with Gasteiger partial charge in [0, 0.05) is 11.5 Å². The summed E-state index contributed by atoms with van der Waals surface area (Å²) in [6, 6.07) is 50.3. The minimum atomic E-state index is -1.89. The molecular formula is C58H62N6O12. The zero-order valence-electron chi connectivity index (χ0n) is 41.9. The topological polar surface area (TPSA) is 232 Å². The van der Waals surface area contributed by atoms with E-state index in [0.717, 1.165) is 16.7 Å². The zero-order chi connectivity index (χ0) is 53.1. The number of alkyl carbamates (subject to hydrolysis) is 2. The van der Waals surface area contributed by atoms with Crippen molar-refractivity contribution in [3.63, 3.8) is 0 Å². The lowest BCUT2D eigenvalue weighted by Crippen LogP contribution is -2.73. The first-order valence-electron chi connectivity index (χ1n) is 25.1. The van der Waals surface area contributed by atoms with Crippen molar-refractivity contribution in [2.24, 2.45) is 5.11 Å². The monoisotopic (exact) mass is 1030 g/mol. The molecule has 11 atom stereocenters. The maximum absolute atomic E-state index is 14.4. The normalized spacial score (nSPS) is 23.4. The van der Waals surface area contributed by atoms with Gasteiger partial charge in [0.25, 0.3) is 0 Å². The van der Waals surface area contributed by atoms with Gasteiger partial charge in [-0.1, -0.05) is 187 Å². The van der Waals surface area contributed by atoms with Gasteiger partial charge in [-0.05, 0) is 52.3 Å². The largest absolute Gasteiger partial charge is 0.445 e. The number of hydrogen-bond donors (Lipinski definition) is 4. The summed E-state index contributed by atoms with van der Waals surface area (Å²) in [6.07, 6.45) is -12.7. The van der Waals surface area contributed by atoms with E-state index < -0.39 is 85.4 Å². The third kappa shape index (κ3) is 15.2. The first-order valence-corrected chi connectivity index (χ1v) is 25.1. The van der Waals surface area contributed by atoms with Crippen LogP contribution in [-0.2, 0) is 72.7 Å². The highest BCUT2D eigenvalue weighted by Gasteiger charge is 2.55. The summed E-state index contributed by atoms with van der Waals surface area (Å²) >= 11 is 0. The molecule has 0 spiro atoms. The van der Waals surface area contributed by atoms with Gasteiger partial charge >= 0.3 is 18.3 Å². The maximum Gasteiger partial charge on any atom is 0.410 e. The lowest BCUT2D eigenvalue weighted by Gasteiger charge is -2.50. The van der Waals surface area contributed by atoms with E-state index in [1.807, 2.05) is 133 Å². The molecule has 6 aromatic rings. The van der Waals surface area contributed by atoms with E-state index in [9.17, 15) is 30.1 Å². The molecule has 6 aromatic carbocycles. The molecular weight excluding hydrogens is 973 g/mol. The van der Waals surface area contributed by atoms with E-state index in [1.165, 1.54) is 4.90 Å². The highest BCUT2D eigenvalue weighted by Crippen LogP contribution is 2.35. The fourth-order valence-electron chi connectivity index (χ4n) is 9.26. The van der Waals surface area contributed by atoms with Crippen LogP contribution in [0.2, 0.25) is 0 Å². The van der Waals surface area contributed by atoms with Gasteiger partial charge in [-0.2, -0.15) is 0 Å². The van der Waals surface area contributed by atoms with Crippen LogP contribution in [0.25, 0.3) is 10.4 Å². The number of benzene rings is 6. The Morgan fingerprint density at radius 2 is 1.01 bits per heavy atom. The van der Waals surface area contributed by atoms with Crippen molar-refractivity contribution < 1.29 is 57.8 Å². The Morgan fingerprint density at radius 3 is 1.49 bits per heavy atom. The molecule has 2 aliphatic rings. The van der Waals surface area contributed by atoms with Gasteiger partial charge < -0.3 is 54.0 Å². The van der Waals surface area contributed by atoms with Crippen molar-refractivity contribution in [2.45, 2.75) is 120 Å². The Balaban J connectivity index is 1.13. The molecule has 0 radical (unpaired) electrons. The standard InChI is InChI=1S/C58H62N6O12/c1-39(64(33-40-20-8-2-9-21-40)58(69)74-38-45-30-18-7-19-31-45)52-47(70-34-41-22-10-3-11-23-41)32-46(62-63-59)55(75-52)76-54-49(61-57(68)73-37-44-28-16-6-17-29-44)53(71-35-42-24-12-4-13-25-42)48(50(65)51(54)66)60-56(67)72-36-43-26-14-5-15-27-43/h2-31,39,46-55,65-66H,32-38H2,1H3,(H,60,67)(H,61,68)/t39-,46-,47+,48+,49+,50+,51-,52-,53-,54-,55-/m1/s1. The molecule has 1 aliphatic carbocycles. The van der Waals surface area contributed by atoms with E-state index in [-0.39, 0.29) is 46.0 Å². The second kappa shape index (κ2) is 27.7. The van der Waals surface area contributed by atoms with E-state index in [2.05, 4.69) is 20.7 Å². The Labute approximate surface area is 441 Å². The average molecular weight is 1040 g/mol. The van der Waals surface area contributed by atoms with E-state index in [0.29, 0.717) is 16.7 Å². The van der Waals surface area contributed by atoms with Crippen LogP contribution in [0.5, 0.6) is 0 Å². The van der Waals surface area contributed by atoms with Crippen LogP contribution >= 0.6 is 0 Å². The zero-order valence-corrected chi connectivity index (χ0v) is 41.9. The second-order valence-electron chi connectivity index (χ2n) is 18.5. The molecule has 1 aliphatic heterocycles. The van der Waals surface area contributed by atoms with Crippen molar-refractivity contribution in [2.75, 3.05) is 0 Å². The number of azide groups is 1. The van der Waals surface area contributed by atoms with Crippen molar-refractivity contribution in [3.05, 3.63) is 226 Å². The molecule has 76 heavy (non-hydrogen) atoms. The molecule has 8 rings (SSSR count). The number of carbonyl (C=O) groups excluding carboxylic acids is 3. The molecule has 18 nitrogen and oxygen atoms in total. The highest BCUT2D eigenvalue weighted by atomic mass is 16.7. The van der Waals surface area contributed by atoms with Gasteiger partial charge in [0.2, 0.25) is 0 Å². The van der Waals surface area contributed by atoms with Crippen LogP contribution in [0, 0.1) is 0 Å². The van der Waals surface area contributed by atoms with Crippen LogP contribution in [0.3, 0.4) is 0 Å². The quantitative estimate of drug-likeness (QED) is 0.0229. The molecule has 2 fully saturated rings. The number of rotatable bonds is 21. The third-order valence-electron chi connectivity index (χ3n) is 13.2. The SMILES string of the molecule is C[C@H]([C@H]1O[C@H](O[C@H]2[C@H](O)[C@@H](O)[C@H](NC(=O)OCc3ccccc3)[C@@H](OCc3ccccc3)[C@@H]2NC(=O)OCc2ccccc2)[C@H](N=[N+]=[N-])C[C@@H]1OCc1ccccc1)N(Cc1ccccc1)C(=O)OCc1ccccc1. The summed E-state index contributed by atoms with van der Waals surface area (Å²) in [7, 11) is 0. The van der Waals surface area contributed by atoms with Crippen molar-refractivity contribution >= 4 is 18.3 Å². The van der Waals surface area contributed by atoms with E-state index >= 15 is 0 Å². The smallest absolute Gasteiger partial charge is 0.410 e.